The summed E-state index contributed by atoms with van der Waals surface area (Å²) in [5, 5.41) is 1.93. The van der Waals surface area contributed by atoms with E-state index < -0.39 is 5.97 Å². The molecule has 0 atom stereocenters. The fourth-order valence-corrected chi connectivity index (χ4v) is 2.03. The second kappa shape index (κ2) is 4.88. The van der Waals surface area contributed by atoms with E-state index in [-0.39, 0.29) is 6.61 Å². The molecule has 0 fully saturated rings. The van der Waals surface area contributed by atoms with Crippen molar-refractivity contribution in [2.75, 3.05) is 11.5 Å². The number of esters is 1. The first kappa shape index (κ1) is 11.5. The molecule has 0 aliphatic heterocycles. The van der Waals surface area contributed by atoms with Gasteiger partial charge in [0.2, 0.25) is 0 Å². The van der Waals surface area contributed by atoms with Crippen LogP contribution in [0.5, 0.6) is 0 Å². The van der Waals surface area contributed by atoms with Gasteiger partial charge in [0.15, 0.2) is 0 Å². The van der Waals surface area contributed by atoms with Crippen molar-refractivity contribution in [1.82, 2.24) is 0 Å². The van der Waals surface area contributed by atoms with Crippen LogP contribution in [0.15, 0.2) is 35.7 Å². The molecule has 4 nitrogen and oxygen atoms in total. The molecule has 1 aromatic heterocycles. The Morgan fingerprint density at radius 2 is 1.94 bits per heavy atom. The summed E-state index contributed by atoms with van der Waals surface area (Å²) >= 11 is 1.54. The zero-order valence-corrected chi connectivity index (χ0v) is 9.87. The van der Waals surface area contributed by atoms with Crippen molar-refractivity contribution in [3.05, 3.63) is 46.2 Å². The molecule has 0 amide bonds. The van der Waals surface area contributed by atoms with E-state index in [0.29, 0.717) is 16.9 Å². The lowest BCUT2D eigenvalue weighted by Crippen LogP contribution is -2.06. The van der Waals surface area contributed by atoms with E-state index in [2.05, 4.69) is 0 Å². The Hall–Kier alpha value is -2.01. The highest BCUT2D eigenvalue weighted by Gasteiger charge is 2.09. The number of ether oxygens (including phenoxy) is 1. The standard InChI is InChI=1S/C12H12N2O2S/c13-9-4-8(5-10(14)6-9)12(15)16-7-11-2-1-3-17-11/h1-6H,7,13-14H2. The molecule has 1 aromatic carbocycles. The van der Waals surface area contributed by atoms with Gasteiger partial charge in [0.1, 0.15) is 6.61 Å². The molecule has 0 aliphatic carbocycles. The molecule has 2 aromatic rings. The molecule has 0 spiro atoms. The molecule has 0 radical (unpaired) electrons. The van der Waals surface area contributed by atoms with E-state index in [1.54, 1.807) is 18.2 Å². The van der Waals surface area contributed by atoms with E-state index in [1.165, 1.54) is 11.3 Å². The van der Waals surface area contributed by atoms with Crippen molar-refractivity contribution in [1.29, 1.82) is 0 Å². The molecule has 5 heteroatoms. The van der Waals surface area contributed by atoms with Gasteiger partial charge in [0.25, 0.3) is 0 Å². The molecule has 0 bridgehead atoms. The van der Waals surface area contributed by atoms with Gasteiger partial charge in [-0.25, -0.2) is 4.79 Å². The van der Waals surface area contributed by atoms with Gasteiger partial charge in [-0.1, -0.05) is 6.07 Å². The molecule has 0 saturated carbocycles. The van der Waals surface area contributed by atoms with Gasteiger partial charge >= 0.3 is 5.97 Å². The zero-order valence-electron chi connectivity index (χ0n) is 9.05. The highest BCUT2D eigenvalue weighted by Crippen LogP contribution is 2.16. The third-order valence-corrected chi connectivity index (χ3v) is 2.99. The predicted molar refractivity (Wildman–Crippen MR) is 68.7 cm³/mol. The number of thiophene rings is 1. The Morgan fingerprint density at radius 1 is 1.24 bits per heavy atom. The van der Waals surface area contributed by atoms with Crippen molar-refractivity contribution in [2.24, 2.45) is 0 Å². The summed E-state index contributed by atoms with van der Waals surface area (Å²) in [5.41, 5.74) is 12.5. The Kier molecular flexibility index (Phi) is 3.30. The maximum Gasteiger partial charge on any atom is 0.338 e. The summed E-state index contributed by atoms with van der Waals surface area (Å²) in [6, 6.07) is 8.51. The third-order valence-electron chi connectivity index (χ3n) is 2.14. The number of benzene rings is 1. The van der Waals surface area contributed by atoms with Gasteiger partial charge in [-0.15, -0.1) is 11.3 Å². The van der Waals surface area contributed by atoms with Crippen LogP contribution >= 0.6 is 11.3 Å². The van der Waals surface area contributed by atoms with Crippen LogP contribution in [0.25, 0.3) is 0 Å². The monoisotopic (exact) mass is 248 g/mol. The van der Waals surface area contributed by atoms with Gasteiger partial charge in [-0.2, -0.15) is 0 Å². The van der Waals surface area contributed by atoms with Crippen LogP contribution in [-0.4, -0.2) is 5.97 Å². The summed E-state index contributed by atoms with van der Waals surface area (Å²) < 4.78 is 5.14. The highest BCUT2D eigenvalue weighted by molar-refractivity contribution is 7.09. The van der Waals surface area contributed by atoms with Crippen LogP contribution < -0.4 is 11.5 Å². The van der Waals surface area contributed by atoms with E-state index >= 15 is 0 Å². The molecule has 0 saturated heterocycles. The van der Waals surface area contributed by atoms with Gasteiger partial charge < -0.3 is 16.2 Å². The van der Waals surface area contributed by atoms with Crippen LogP contribution in [0.3, 0.4) is 0 Å². The van der Waals surface area contributed by atoms with Crippen LogP contribution in [-0.2, 0) is 11.3 Å². The van der Waals surface area contributed by atoms with Crippen LogP contribution in [0.4, 0.5) is 11.4 Å². The SMILES string of the molecule is Nc1cc(N)cc(C(=O)OCc2cccs2)c1. The lowest BCUT2D eigenvalue weighted by molar-refractivity contribution is 0.0477. The fraction of sp³-hybridized carbons (Fsp3) is 0.0833. The quantitative estimate of drug-likeness (QED) is 0.645. The first-order valence-corrected chi connectivity index (χ1v) is 5.88. The second-order valence-corrected chi connectivity index (χ2v) is 4.58. The Morgan fingerprint density at radius 3 is 2.53 bits per heavy atom. The normalized spacial score (nSPS) is 10.1. The van der Waals surface area contributed by atoms with E-state index in [4.69, 9.17) is 16.2 Å². The summed E-state index contributed by atoms with van der Waals surface area (Å²) in [6.07, 6.45) is 0. The minimum atomic E-state index is -0.419. The van der Waals surface area contributed by atoms with Crippen molar-refractivity contribution >= 4 is 28.7 Å². The molecular weight excluding hydrogens is 236 g/mol. The topological polar surface area (TPSA) is 78.3 Å². The molecular formula is C12H12N2O2S. The van der Waals surface area contributed by atoms with Crippen molar-refractivity contribution in [2.45, 2.75) is 6.61 Å². The third kappa shape index (κ3) is 2.98. The van der Waals surface area contributed by atoms with Crippen molar-refractivity contribution in [3.8, 4) is 0 Å². The average Bonchev–Trinajstić information content (AvgIpc) is 2.77. The van der Waals surface area contributed by atoms with E-state index in [9.17, 15) is 4.79 Å². The maximum absolute atomic E-state index is 11.7. The number of hydrogen-bond donors (Lipinski definition) is 2. The molecule has 88 valence electrons. The van der Waals surface area contributed by atoms with Crippen LogP contribution in [0.2, 0.25) is 0 Å². The molecule has 0 unspecified atom stereocenters. The van der Waals surface area contributed by atoms with Gasteiger partial charge in [0, 0.05) is 16.3 Å². The maximum atomic E-state index is 11.7. The predicted octanol–water partition coefficient (Wildman–Crippen LogP) is 2.27. The zero-order chi connectivity index (χ0) is 12.3. The molecule has 4 N–H and O–H groups in total. The molecule has 1 heterocycles. The Balaban J connectivity index is 2.04. The fourth-order valence-electron chi connectivity index (χ4n) is 1.41. The number of nitrogens with two attached hydrogens (primary N) is 2. The number of carbonyl (C=O) groups is 1. The first-order valence-electron chi connectivity index (χ1n) is 5.01. The minimum Gasteiger partial charge on any atom is -0.456 e. The average molecular weight is 248 g/mol. The van der Waals surface area contributed by atoms with Gasteiger partial charge in [-0.3, -0.25) is 0 Å². The van der Waals surface area contributed by atoms with Crippen LogP contribution in [0, 0.1) is 0 Å². The number of anilines is 2. The Labute approximate surface area is 103 Å². The van der Waals surface area contributed by atoms with Gasteiger partial charge in [0.05, 0.1) is 5.56 Å². The summed E-state index contributed by atoms with van der Waals surface area (Å²) in [5.74, 6) is -0.419. The summed E-state index contributed by atoms with van der Waals surface area (Å²) in [7, 11) is 0. The smallest absolute Gasteiger partial charge is 0.338 e. The molecule has 0 aliphatic rings. The first-order chi connectivity index (χ1) is 8.15. The largest absolute Gasteiger partial charge is 0.456 e. The van der Waals surface area contributed by atoms with Crippen molar-refractivity contribution < 1.29 is 9.53 Å². The Bertz CT molecular complexity index is 503. The lowest BCUT2D eigenvalue weighted by Gasteiger charge is -2.05. The number of rotatable bonds is 3. The van der Waals surface area contributed by atoms with E-state index in [1.807, 2.05) is 17.5 Å². The van der Waals surface area contributed by atoms with Gasteiger partial charge in [-0.05, 0) is 29.6 Å². The van der Waals surface area contributed by atoms with Crippen LogP contribution in [0.1, 0.15) is 15.2 Å². The second-order valence-electron chi connectivity index (χ2n) is 3.54. The van der Waals surface area contributed by atoms with E-state index in [0.717, 1.165) is 4.88 Å². The highest BCUT2D eigenvalue weighted by atomic mass is 32.1. The molecule has 17 heavy (non-hydrogen) atoms. The summed E-state index contributed by atoms with van der Waals surface area (Å²) in [4.78, 5) is 12.7. The number of carbonyl (C=O) groups excluding carboxylic acids is 1. The van der Waals surface area contributed by atoms with Crippen molar-refractivity contribution in [3.63, 3.8) is 0 Å². The molecule has 2 rings (SSSR count). The number of hydrogen-bond acceptors (Lipinski definition) is 5. The lowest BCUT2D eigenvalue weighted by atomic mass is 10.2. The minimum absolute atomic E-state index is 0.269. The summed E-state index contributed by atoms with van der Waals surface area (Å²) in [6.45, 7) is 0.269. The number of nitrogen functional groups attached to an aromatic ring is 2.